The van der Waals surface area contributed by atoms with Gasteiger partial charge >= 0.3 is 0 Å². The predicted octanol–water partition coefficient (Wildman–Crippen LogP) is 2.77. The largest absolute Gasteiger partial charge is 0.338 e. The Morgan fingerprint density at radius 2 is 1.72 bits per heavy atom. The van der Waals surface area contributed by atoms with Crippen LogP contribution in [0.3, 0.4) is 0 Å². The third kappa shape index (κ3) is 4.54. The molecule has 0 spiro atoms. The van der Waals surface area contributed by atoms with Gasteiger partial charge in [0.2, 0.25) is 21.7 Å². The first-order valence-corrected chi connectivity index (χ1v) is 11.6. The van der Waals surface area contributed by atoms with E-state index in [0.29, 0.717) is 54.9 Å². The number of aryl methyl sites for hydroxylation is 2. The minimum absolute atomic E-state index is 0.00825. The molecule has 168 valence electrons. The summed E-state index contributed by atoms with van der Waals surface area (Å²) in [4.78, 5) is 17.0. The molecule has 0 atom stereocenters. The Labute approximate surface area is 185 Å². The summed E-state index contributed by atoms with van der Waals surface area (Å²) < 4.78 is 32.8. The standard InChI is InChI=1S/C21H23N5O5S/c1-15-3-8-19(13-16(15)2)32(29,30)25-11-9-24(10-12-25)14-20-22-21(23-31-20)17-4-6-18(7-5-17)26(27)28/h3-8,13H,9-12,14H2,1-2H3. The average molecular weight is 458 g/mol. The summed E-state index contributed by atoms with van der Waals surface area (Å²) in [6.07, 6.45) is 0. The van der Waals surface area contributed by atoms with E-state index in [1.165, 1.54) is 16.4 Å². The Bertz CT molecular complexity index is 1230. The van der Waals surface area contributed by atoms with Crippen molar-refractivity contribution in [2.45, 2.75) is 25.3 Å². The number of non-ortho nitro benzene ring substituents is 1. The number of nitrogens with zero attached hydrogens (tertiary/aromatic N) is 5. The molecule has 0 N–H and O–H groups in total. The van der Waals surface area contributed by atoms with Crippen LogP contribution in [0.4, 0.5) is 5.69 Å². The maximum atomic E-state index is 13.0. The topological polar surface area (TPSA) is 123 Å². The molecule has 1 fully saturated rings. The molecule has 0 bridgehead atoms. The predicted molar refractivity (Wildman–Crippen MR) is 116 cm³/mol. The zero-order chi connectivity index (χ0) is 22.9. The van der Waals surface area contributed by atoms with E-state index in [1.54, 1.807) is 24.3 Å². The van der Waals surface area contributed by atoms with E-state index in [2.05, 4.69) is 15.0 Å². The van der Waals surface area contributed by atoms with Crippen LogP contribution in [-0.4, -0.2) is 58.9 Å². The van der Waals surface area contributed by atoms with E-state index in [-0.39, 0.29) is 5.69 Å². The average Bonchev–Trinajstić information content (AvgIpc) is 3.24. The van der Waals surface area contributed by atoms with Crippen molar-refractivity contribution in [2.75, 3.05) is 26.2 Å². The van der Waals surface area contributed by atoms with Gasteiger partial charge in [0.25, 0.3) is 5.69 Å². The third-order valence-electron chi connectivity index (χ3n) is 5.61. The van der Waals surface area contributed by atoms with Gasteiger partial charge in [-0.05, 0) is 49.2 Å². The Morgan fingerprint density at radius 3 is 2.34 bits per heavy atom. The van der Waals surface area contributed by atoms with Gasteiger partial charge in [-0.1, -0.05) is 11.2 Å². The fraction of sp³-hybridized carbons (Fsp3) is 0.333. The van der Waals surface area contributed by atoms with Gasteiger partial charge in [0.1, 0.15) is 0 Å². The molecule has 1 saturated heterocycles. The van der Waals surface area contributed by atoms with Crippen LogP contribution in [0.5, 0.6) is 0 Å². The molecule has 4 rings (SSSR count). The van der Waals surface area contributed by atoms with Gasteiger partial charge < -0.3 is 4.52 Å². The second kappa shape index (κ2) is 8.77. The zero-order valence-corrected chi connectivity index (χ0v) is 18.6. The van der Waals surface area contributed by atoms with Gasteiger partial charge in [0.15, 0.2) is 0 Å². The first kappa shape index (κ1) is 22.1. The van der Waals surface area contributed by atoms with Crippen LogP contribution in [0.25, 0.3) is 11.4 Å². The molecule has 1 aromatic heterocycles. The van der Waals surface area contributed by atoms with Crippen molar-refractivity contribution < 1.29 is 17.9 Å². The van der Waals surface area contributed by atoms with Crippen molar-refractivity contribution in [3.05, 3.63) is 69.6 Å². The third-order valence-corrected chi connectivity index (χ3v) is 7.51. The molecule has 11 heteroatoms. The highest BCUT2D eigenvalue weighted by atomic mass is 32.2. The van der Waals surface area contributed by atoms with Gasteiger partial charge in [-0.2, -0.15) is 9.29 Å². The van der Waals surface area contributed by atoms with Crippen LogP contribution >= 0.6 is 0 Å². The molecule has 1 aliphatic heterocycles. The van der Waals surface area contributed by atoms with E-state index in [0.717, 1.165) is 11.1 Å². The number of rotatable bonds is 6. The minimum atomic E-state index is -3.53. The van der Waals surface area contributed by atoms with Crippen molar-refractivity contribution in [3.8, 4) is 11.4 Å². The second-order valence-corrected chi connectivity index (χ2v) is 9.68. The maximum Gasteiger partial charge on any atom is 0.269 e. The number of sulfonamides is 1. The lowest BCUT2D eigenvalue weighted by atomic mass is 10.1. The molecule has 0 saturated carbocycles. The summed E-state index contributed by atoms with van der Waals surface area (Å²) in [5.74, 6) is 0.759. The van der Waals surface area contributed by atoms with E-state index in [4.69, 9.17) is 4.52 Å². The number of hydrogen-bond acceptors (Lipinski definition) is 8. The van der Waals surface area contributed by atoms with Gasteiger partial charge in [0.05, 0.1) is 16.4 Å². The fourth-order valence-corrected chi connectivity index (χ4v) is 5.02. The number of nitro benzene ring substituents is 1. The van der Waals surface area contributed by atoms with E-state index < -0.39 is 14.9 Å². The molecule has 0 unspecified atom stereocenters. The Kier molecular flexibility index (Phi) is 6.04. The molecule has 3 aromatic rings. The van der Waals surface area contributed by atoms with Crippen molar-refractivity contribution in [1.82, 2.24) is 19.3 Å². The summed E-state index contributed by atoms with van der Waals surface area (Å²) >= 11 is 0. The first-order chi connectivity index (χ1) is 15.2. The number of piperazine rings is 1. The van der Waals surface area contributed by atoms with Gasteiger partial charge in [-0.15, -0.1) is 0 Å². The molecule has 1 aliphatic rings. The summed E-state index contributed by atoms with van der Waals surface area (Å²) in [6.45, 7) is 6.09. The number of aromatic nitrogens is 2. The molecular formula is C21H23N5O5S. The summed E-state index contributed by atoms with van der Waals surface area (Å²) in [6, 6.07) is 11.1. The van der Waals surface area contributed by atoms with Gasteiger partial charge in [-0.25, -0.2) is 8.42 Å². The minimum Gasteiger partial charge on any atom is -0.338 e. The summed E-state index contributed by atoms with van der Waals surface area (Å²) in [7, 11) is -3.53. The second-order valence-electron chi connectivity index (χ2n) is 7.74. The van der Waals surface area contributed by atoms with E-state index in [9.17, 15) is 18.5 Å². The van der Waals surface area contributed by atoms with Crippen molar-refractivity contribution in [1.29, 1.82) is 0 Å². The first-order valence-electron chi connectivity index (χ1n) is 10.1. The quantitative estimate of drug-likeness (QED) is 0.409. The molecule has 0 radical (unpaired) electrons. The Balaban J connectivity index is 1.37. The molecule has 0 aliphatic carbocycles. The zero-order valence-electron chi connectivity index (χ0n) is 17.8. The maximum absolute atomic E-state index is 13.0. The molecule has 2 aromatic carbocycles. The van der Waals surface area contributed by atoms with E-state index >= 15 is 0 Å². The molecule has 32 heavy (non-hydrogen) atoms. The monoisotopic (exact) mass is 457 g/mol. The smallest absolute Gasteiger partial charge is 0.269 e. The lowest BCUT2D eigenvalue weighted by molar-refractivity contribution is -0.384. The highest BCUT2D eigenvalue weighted by Gasteiger charge is 2.29. The van der Waals surface area contributed by atoms with Crippen LogP contribution < -0.4 is 0 Å². The van der Waals surface area contributed by atoms with Gasteiger partial charge in [0, 0.05) is 43.9 Å². The lowest BCUT2D eigenvalue weighted by Crippen LogP contribution is -2.48. The van der Waals surface area contributed by atoms with Crippen LogP contribution in [0, 0.1) is 24.0 Å². The van der Waals surface area contributed by atoms with Crippen LogP contribution in [0.15, 0.2) is 51.9 Å². The SMILES string of the molecule is Cc1ccc(S(=O)(=O)N2CCN(Cc3nc(-c4ccc([N+](=O)[O-])cc4)no3)CC2)cc1C. The van der Waals surface area contributed by atoms with E-state index in [1.807, 2.05) is 19.9 Å². The lowest BCUT2D eigenvalue weighted by Gasteiger charge is -2.33. The van der Waals surface area contributed by atoms with Crippen LogP contribution in [0.2, 0.25) is 0 Å². The summed E-state index contributed by atoms with van der Waals surface area (Å²) in [5, 5.41) is 14.7. The van der Waals surface area contributed by atoms with Crippen molar-refractivity contribution >= 4 is 15.7 Å². The number of benzene rings is 2. The molecular weight excluding hydrogens is 434 g/mol. The molecule has 2 heterocycles. The Hall–Kier alpha value is -3.15. The molecule has 10 nitrogen and oxygen atoms in total. The van der Waals surface area contributed by atoms with Gasteiger partial charge in [-0.3, -0.25) is 15.0 Å². The van der Waals surface area contributed by atoms with Crippen LogP contribution in [0.1, 0.15) is 17.0 Å². The van der Waals surface area contributed by atoms with Crippen molar-refractivity contribution in [2.24, 2.45) is 0 Å². The van der Waals surface area contributed by atoms with Crippen molar-refractivity contribution in [3.63, 3.8) is 0 Å². The van der Waals surface area contributed by atoms with Crippen LogP contribution in [-0.2, 0) is 16.6 Å². The fourth-order valence-electron chi connectivity index (χ4n) is 3.51. The highest BCUT2D eigenvalue weighted by molar-refractivity contribution is 7.89. The number of nitro groups is 1. The summed E-state index contributed by atoms with van der Waals surface area (Å²) in [5.41, 5.74) is 2.62. The normalized spacial score (nSPS) is 15.7. The number of hydrogen-bond donors (Lipinski definition) is 0. The molecule has 0 amide bonds. The highest BCUT2D eigenvalue weighted by Crippen LogP contribution is 2.22. The Morgan fingerprint density at radius 1 is 1.03 bits per heavy atom.